The van der Waals surface area contributed by atoms with Crippen LogP contribution >= 0.6 is 0 Å². The Morgan fingerprint density at radius 1 is 1.33 bits per heavy atom. The molecule has 1 unspecified atom stereocenters. The highest BCUT2D eigenvalue weighted by Gasteiger charge is 2.13. The summed E-state index contributed by atoms with van der Waals surface area (Å²) in [5.74, 6) is -1.37. The van der Waals surface area contributed by atoms with E-state index in [1.54, 1.807) is 0 Å². The summed E-state index contributed by atoms with van der Waals surface area (Å²) < 4.78 is 0. The topological polar surface area (TPSA) is 98.7 Å². The van der Waals surface area contributed by atoms with E-state index >= 15 is 0 Å². The summed E-state index contributed by atoms with van der Waals surface area (Å²) >= 11 is 0. The normalized spacial score (nSPS) is 11.7. The Hall–Kier alpha value is -2.08. The van der Waals surface area contributed by atoms with Gasteiger partial charge >= 0.3 is 12.0 Å². The molecule has 6 nitrogen and oxygen atoms in total. The molecular formula is C12H16N2O4. The van der Waals surface area contributed by atoms with Gasteiger partial charge in [0, 0.05) is 6.54 Å². The third-order valence-electron chi connectivity index (χ3n) is 2.28. The minimum Gasteiger partial charge on any atom is -0.479 e. The smallest absolute Gasteiger partial charge is 0.334 e. The Morgan fingerprint density at radius 2 is 2.06 bits per heavy atom. The van der Waals surface area contributed by atoms with Crippen molar-refractivity contribution in [1.29, 1.82) is 0 Å². The first-order valence-electron chi connectivity index (χ1n) is 5.47. The average Bonchev–Trinajstić information content (AvgIpc) is 2.33. The summed E-state index contributed by atoms with van der Waals surface area (Å²) in [6.45, 7) is 1.97. The van der Waals surface area contributed by atoms with Crippen LogP contribution < -0.4 is 10.6 Å². The number of benzene rings is 1. The van der Waals surface area contributed by atoms with Crippen LogP contribution in [0.15, 0.2) is 24.3 Å². The molecule has 0 saturated heterocycles. The molecule has 0 bridgehead atoms. The number of hydrogen-bond donors (Lipinski definition) is 4. The van der Waals surface area contributed by atoms with E-state index in [0.717, 1.165) is 11.1 Å². The molecule has 18 heavy (non-hydrogen) atoms. The van der Waals surface area contributed by atoms with Gasteiger partial charge in [-0.25, -0.2) is 9.59 Å². The van der Waals surface area contributed by atoms with Gasteiger partial charge in [-0.05, 0) is 12.5 Å². The lowest BCUT2D eigenvalue weighted by atomic mass is 10.1. The van der Waals surface area contributed by atoms with Crippen LogP contribution in [-0.4, -0.2) is 34.9 Å². The van der Waals surface area contributed by atoms with Crippen LogP contribution in [0.2, 0.25) is 0 Å². The van der Waals surface area contributed by atoms with Crippen molar-refractivity contribution in [3.8, 4) is 0 Å². The minimum atomic E-state index is -1.59. The predicted molar refractivity (Wildman–Crippen MR) is 65.1 cm³/mol. The van der Waals surface area contributed by atoms with Crippen LogP contribution in [-0.2, 0) is 11.3 Å². The molecule has 1 aromatic carbocycles. The number of nitrogens with one attached hydrogen (secondary N) is 2. The summed E-state index contributed by atoms with van der Waals surface area (Å²) in [6, 6.07) is 7.13. The third kappa shape index (κ3) is 4.84. The van der Waals surface area contributed by atoms with Gasteiger partial charge in [-0.2, -0.15) is 0 Å². The summed E-state index contributed by atoms with van der Waals surface area (Å²) in [5, 5.41) is 22.2. The first-order valence-corrected chi connectivity index (χ1v) is 5.47. The van der Waals surface area contributed by atoms with Crippen LogP contribution in [0.5, 0.6) is 0 Å². The largest absolute Gasteiger partial charge is 0.479 e. The molecular weight excluding hydrogens is 236 g/mol. The zero-order chi connectivity index (χ0) is 13.5. The van der Waals surface area contributed by atoms with Gasteiger partial charge < -0.3 is 20.8 Å². The quantitative estimate of drug-likeness (QED) is 0.603. The highest BCUT2D eigenvalue weighted by molar-refractivity contribution is 5.76. The van der Waals surface area contributed by atoms with Crippen molar-refractivity contribution >= 4 is 12.0 Å². The molecule has 0 saturated carbocycles. The lowest BCUT2D eigenvalue weighted by Gasteiger charge is -2.09. The highest BCUT2D eigenvalue weighted by atomic mass is 16.4. The molecule has 2 amide bonds. The van der Waals surface area contributed by atoms with Gasteiger partial charge in [0.05, 0.1) is 6.54 Å². The second kappa shape index (κ2) is 6.61. The first-order chi connectivity index (χ1) is 8.49. The van der Waals surface area contributed by atoms with Gasteiger partial charge in [-0.3, -0.25) is 0 Å². The molecule has 0 aromatic heterocycles. The number of urea groups is 1. The average molecular weight is 252 g/mol. The Kier molecular flexibility index (Phi) is 5.13. The summed E-state index contributed by atoms with van der Waals surface area (Å²) in [4.78, 5) is 21.6. The van der Waals surface area contributed by atoms with Crippen LogP contribution in [0.25, 0.3) is 0 Å². The fourth-order valence-corrected chi connectivity index (χ4v) is 1.34. The fourth-order valence-electron chi connectivity index (χ4n) is 1.34. The molecule has 1 atom stereocenters. The zero-order valence-corrected chi connectivity index (χ0v) is 10.0. The fraction of sp³-hybridized carbons (Fsp3) is 0.333. The maximum absolute atomic E-state index is 11.3. The highest BCUT2D eigenvalue weighted by Crippen LogP contribution is 2.02. The summed E-state index contributed by atoms with van der Waals surface area (Å²) in [7, 11) is 0. The number of rotatable bonds is 5. The van der Waals surface area contributed by atoms with Gasteiger partial charge in [0.2, 0.25) is 0 Å². The van der Waals surface area contributed by atoms with Gasteiger partial charge in [-0.1, -0.05) is 29.8 Å². The third-order valence-corrected chi connectivity index (χ3v) is 2.28. The second-order valence-corrected chi connectivity index (χ2v) is 3.91. The Bertz CT molecular complexity index is 434. The van der Waals surface area contributed by atoms with E-state index in [1.165, 1.54) is 0 Å². The standard InChI is InChI=1S/C12H16N2O4/c1-8-3-2-4-9(5-8)6-13-12(18)14-7-10(15)11(16)17/h2-5,10,15H,6-7H2,1H3,(H,16,17)(H2,13,14,18). The van der Waals surface area contributed by atoms with E-state index in [1.807, 2.05) is 31.2 Å². The number of carboxylic acids is 1. The van der Waals surface area contributed by atoms with Crippen molar-refractivity contribution in [3.63, 3.8) is 0 Å². The van der Waals surface area contributed by atoms with Crippen molar-refractivity contribution in [2.75, 3.05) is 6.54 Å². The predicted octanol–water partition coefficient (Wildman–Crippen LogP) is 0.240. The molecule has 1 aromatic rings. The van der Waals surface area contributed by atoms with Gasteiger partial charge in [0.15, 0.2) is 6.10 Å². The van der Waals surface area contributed by atoms with Gasteiger partial charge in [0.1, 0.15) is 0 Å². The molecule has 0 aliphatic heterocycles. The van der Waals surface area contributed by atoms with E-state index in [9.17, 15) is 9.59 Å². The van der Waals surface area contributed by atoms with E-state index in [0.29, 0.717) is 6.54 Å². The van der Waals surface area contributed by atoms with Crippen molar-refractivity contribution in [2.45, 2.75) is 19.6 Å². The number of aliphatic hydroxyl groups excluding tert-OH is 1. The summed E-state index contributed by atoms with van der Waals surface area (Å²) in [6.07, 6.45) is -1.59. The lowest BCUT2D eigenvalue weighted by Crippen LogP contribution is -2.41. The van der Waals surface area contributed by atoms with E-state index in [2.05, 4.69) is 10.6 Å². The zero-order valence-electron chi connectivity index (χ0n) is 10.0. The number of aliphatic hydroxyl groups is 1. The van der Waals surface area contributed by atoms with Crippen LogP contribution in [0.3, 0.4) is 0 Å². The van der Waals surface area contributed by atoms with Gasteiger partial charge in [0.25, 0.3) is 0 Å². The van der Waals surface area contributed by atoms with Crippen LogP contribution in [0.1, 0.15) is 11.1 Å². The molecule has 1 rings (SSSR count). The number of carboxylic acid groups (broad SMARTS) is 1. The minimum absolute atomic E-state index is 0.324. The Morgan fingerprint density at radius 3 is 2.67 bits per heavy atom. The van der Waals surface area contributed by atoms with Crippen molar-refractivity contribution in [1.82, 2.24) is 10.6 Å². The van der Waals surface area contributed by atoms with Crippen molar-refractivity contribution in [3.05, 3.63) is 35.4 Å². The maximum atomic E-state index is 11.3. The van der Waals surface area contributed by atoms with Gasteiger partial charge in [-0.15, -0.1) is 0 Å². The SMILES string of the molecule is Cc1cccc(CNC(=O)NCC(O)C(=O)O)c1. The summed E-state index contributed by atoms with van der Waals surface area (Å²) in [5.41, 5.74) is 2.04. The maximum Gasteiger partial charge on any atom is 0.334 e. The molecule has 0 aliphatic rings. The molecule has 0 aliphatic carbocycles. The number of aliphatic carboxylic acids is 1. The number of amides is 2. The number of hydrogen-bond acceptors (Lipinski definition) is 3. The molecule has 0 radical (unpaired) electrons. The van der Waals surface area contributed by atoms with Crippen molar-refractivity contribution < 1.29 is 19.8 Å². The number of carbonyl (C=O) groups excluding carboxylic acids is 1. The van der Waals surface area contributed by atoms with E-state index in [4.69, 9.17) is 10.2 Å². The molecule has 0 heterocycles. The number of aryl methyl sites for hydroxylation is 1. The Labute approximate surface area is 105 Å². The van der Waals surface area contributed by atoms with Crippen molar-refractivity contribution in [2.24, 2.45) is 0 Å². The van der Waals surface area contributed by atoms with Crippen LogP contribution in [0, 0.1) is 6.92 Å². The second-order valence-electron chi connectivity index (χ2n) is 3.91. The Balaban J connectivity index is 2.31. The first kappa shape index (κ1) is 14.0. The van der Waals surface area contributed by atoms with E-state index in [-0.39, 0.29) is 6.54 Å². The molecule has 6 heteroatoms. The monoisotopic (exact) mass is 252 g/mol. The molecule has 98 valence electrons. The number of carbonyl (C=O) groups is 2. The molecule has 0 fully saturated rings. The van der Waals surface area contributed by atoms with Crippen LogP contribution in [0.4, 0.5) is 4.79 Å². The van der Waals surface area contributed by atoms with E-state index < -0.39 is 18.1 Å². The molecule has 4 N–H and O–H groups in total. The lowest BCUT2D eigenvalue weighted by molar-refractivity contribution is -0.146. The molecule has 0 spiro atoms.